The fourth-order valence-electron chi connectivity index (χ4n) is 6.88. The number of Topliss-reactive ketones (excluding diaryl/α,β-unsaturated/α-hetero) is 1. The molecule has 0 amide bonds. The Morgan fingerprint density at radius 2 is 1.66 bits per heavy atom. The zero-order valence-corrected chi connectivity index (χ0v) is 24.9. The first-order chi connectivity index (χ1) is 19.9. The van der Waals surface area contributed by atoms with Gasteiger partial charge in [0.25, 0.3) is 0 Å². The molecule has 2 heterocycles. The zero-order valence-electron chi connectivity index (χ0n) is 22.6. The first-order valence-corrected chi connectivity index (χ1v) is 15.5. The molecule has 0 unspecified atom stereocenters. The van der Waals surface area contributed by atoms with Gasteiger partial charge in [0.1, 0.15) is 0 Å². The summed E-state index contributed by atoms with van der Waals surface area (Å²) in [5.74, 6) is -0.292. The minimum absolute atomic E-state index is 0.146. The topological polar surface area (TPSA) is 48.1 Å². The first kappa shape index (κ1) is 26.8. The average Bonchev–Trinajstić information content (AvgIpc) is 3.72. The van der Waals surface area contributed by atoms with Crippen molar-refractivity contribution in [3.8, 4) is 0 Å². The van der Waals surface area contributed by atoms with Crippen molar-refractivity contribution in [2.24, 2.45) is 0 Å². The van der Waals surface area contributed by atoms with Crippen LogP contribution in [0.3, 0.4) is 0 Å². The molecule has 7 heteroatoms. The molecule has 3 aromatic rings. The summed E-state index contributed by atoms with van der Waals surface area (Å²) in [5, 5.41) is 15.8. The van der Waals surface area contributed by atoms with Gasteiger partial charge < -0.3 is 9.67 Å². The van der Waals surface area contributed by atoms with Gasteiger partial charge in [0.05, 0.1) is 11.3 Å². The van der Waals surface area contributed by atoms with Gasteiger partial charge in [0.15, 0.2) is 12.3 Å². The quantitative estimate of drug-likeness (QED) is 0.218. The largest absolute Gasteiger partial charge is 0.871 e. The van der Waals surface area contributed by atoms with Crippen LogP contribution in [0.2, 0.25) is 15.1 Å². The first-order valence-electron chi connectivity index (χ1n) is 14.3. The Bertz CT molecular complexity index is 1750. The fraction of sp³-hybridized carbons (Fsp3) is 0.294. The number of fused-ring (bicyclic) bond motifs is 2. The van der Waals surface area contributed by atoms with Crippen molar-refractivity contribution in [3.05, 3.63) is 120 Å². The molecular weight excluding hydrogens is 575 g/mol. The molecule has 0 saturated heterocycles. The molecule has 1 aliphatic heterocycles. The van der Waals surface area contributed by atoms with E-state index in [2.05, 4.69) is 21.3 Å². The van der Waals surface area contributed by atoms with Gasteiger partial charge >= 0.3 is 0 Å². The molecule has 7 rings (SSSR count). The number of carbonyl (C=O) groups is 1. The lowest BCUT2D eigenvalue weighted by Crippen LogP contribution is -2.33. The number of benzene rings is 2. The third-order valence-electron chi connectivity index (χ3n) is 8.92. The molecule has 0 spiro atoms. The maximum atomic E-state index is 13.8. The van der Waals surface area contributed by atoms with Gasteiger partial charge in [0, 0.05) is 57.4 Å². The Hall–Kier alpha value is -3.05. The molecule has 0 N–H and O–H groups in total. The summed E-state index contributed by atoms with van der Waals surface area (Å²) in [6, 6.07) is 15.5. The van der Waals surface area contributed by atoms with Crippen LogP contribution in [0.5, 0.6) is 0 Å². The molecular formula is C34H29Cl3N2O2. The summed E-state index contributed by atoms with van der Waals surface area (Å²) in [4.78, 5) is 13.8. The molecule has 4 aliphatic rings. The summed E-state index contributed by atoms with van der Waals surface area (Å²) >= 11 is 19.0. The van der Waals surface area contributed by atoms with Gasteiger partial charge in [-0.2, -0.15) is 4.58 Å². The SMILES string of the molecule is O=C1C(=C2C=C3CCCC3=[N+]2CCc2ccc(Cl)cc2Cl)C([O-])=C1c1cc2c(n1CCc1ccccc1Cl)CCC2. The standard InChI is InChI=1S/C34H29Cl3N2O2/c35-24-12-11-21(26(37)19-24)14-16-39-28-10-4-7-23(28)18-30(39)32-33(40)31(34(32)41)29-17-22-6-3-9-27(22)38(29)15-13-20-5-1-2-8-25(20)36/h1-2,5,8,11-12,17-19H,3-4,6-7,9-10,13-16H2. The van der Waals surface area contributed by atoms with E-state index in [1.165, 1.54) is 22.5 Å². The number of nitrogens with zero attached hydrogens (tertiary/aromatic N) is 2. The second-order valence-corrected chi connectivity index (χ2v) is 12.5. The number of allylic oxidation sites excluding steroid dienone is 4. The predicted molar refractivity (Wildman–Crippen MR) is 163 cm³/mol. The molecule has 208 valence electrons. The lowest BCUT2D eigenvalue weighted by molar-refractivity contribution is -0.470. The molecule has 2 aromatic carbocycles. The molecule has 1 aromatic heterocycles. The molecule has 4 nitrogen and oxygen atoms in total. The normalized spacial score (nSPS) is 19.7. The number of hydrogen-bond acceptors (Lipinski definition) is 2. The summed E-state index contributed by atoms with van der Waals surface area (Å²) in [5.41, 5.74) is 9.18. The summed E-state index contributed by atoms with van der Waals surface area (Å²) < 4.78 is 4.39. The highest BCUT2D eigenvalue weighted by molar-refractivity contribution is 6.39. The third-order valence-corrected chi connectivity index (χ3v) is 9.87. The van der Waals surface area contributed by atoms with Crippen molar-refractivity contribution >= 4 is 51.9 Å². The number of aromatic nitrogens is 1. The third kappa shape index (κ3) is 4.61. The number of carbonyl (C=O) groups excluding carboxylic acids is 1. The summed E-state index contributed by atoms with van der Waals surface area (Å²) in [7, 11) is 0. The minimum atomic E-state index is -0.146. The van der Waals surface area contributed by atoms with Crippen molar-refractivity contribution in [2.45, 2.75) is 57.9 Å². The Morgan fingerprint density at radius 3 is 2.46 bits per heavy atom. The molecule has 3 aliphatic carbocycles. The van der Waals surface area contributed by atoms with Crippen LogP contribution in [0.15, 0.2) is 77.2 Å². The van der Waals surface area contributed by atoms with E-state index in [9.17, 15) is 9.90 Å². The number of ketones is 1. The highest BCUT2D eigenvalue weighted by atomic mass is 35.5. The molecule has 0 bridgehead atoms. The van der Waals surface area contributed by atoms with Crippen molar-refractivity contribution in [1.82, 2.24) is 4.57 Å². The van der Waals surface area contributed by atoms with Gasteiger partial charge in [-0.05, 0) is 79.5 Å². The van der Waals surface area contributed by atoms with Crippen molar-refractivity contribution < 1.29 is 14.5 Å². The number of aryl methyl sites for hydroxylation is 2. The number of halogens is 3. The summed E-state index contributed by atoms with van der Waals surface area (Å²) in [6.45, 7) is 1.33. The van der Waals surface area contributed by atoms with Crippen LogP contribution < -0.4 is 5.11 Å². The van der Waals surface area contributed by atoms with Gasteiger partial charge in [-0.3, -0.25) is 4.79 Å². The van der Waals surface area contributed by atoms with E-state index in [0.717, 1.165) is 72.5 Å². The van der Waals surface area contributed by atoms with Gasteiger partial charge in [-0.25, -0.2) is 0 Å². The fourth-order valence-corrected chi connectivity index (χ4v) is 7.61. The predicted octanol–water partition coefficient (Wildman–Crippen LogP) is 6.91. The monoisotopic (exact) mass is 602 g/mol. The zero-order chi connectivity index (χ0) is 28.2. The van der Waals surface area contributed by atoms with E-state index in [1.807, 2.05) is 36.4 Å². The van der Waals surface area contributed by atoms with E-state index in [-0.39, 0.29) is 11.5 Å². The Labute approximate surface area is 254 Å². The Kier molecular flexibility index (Phi) is 6.97. The van der Waals surface area contributed by atoms with E-state index in [4.69, 9.17) is 34.8 Å². The van der Waals surface area contributed by atoms with E-state index < -0.39 is 0 Å². The second kappa shape index (κ2) is 10.7. The van der Waals surface area contributed by atoms with Crippen LogP contribution in [0, 0.1) is 0 Å². The van der Waals surface area contributed by atoms with Gasteiger partial charge in [0.2, 0.25) is 11.5 Å². The van der Waals surface area contributed by atoms with E-state index in [0.29, 0.717) is 40.7 Å². The van der Waals surface area contributed by atoms with Crippen LogP contribution in [0.4, 0.5) is 0 Å². The molecule has 1 saturated carbocycles. The highest BCUT2D eigenvalue weighted by Crippen LogP contribution is 2.42. The Morgan fingerprint density at radius 1 is 0.854 bits per heavy atom. The number of rotatable bonds is 7. The minimum Gasteiger partial charge on any atom is -0.871 e. The van der Waals surface area contributed by atoms with E-state index in [1.54, 1.807) is 6.07 Å². The second-order valence-electron chi connectivity index (χ2n) is 11.2. The average molecular weight is 604 g/mol. The summed E-state index contributed by atoms with van der Waals surface area (Å²) in [6.07, 6.45) is 9.56. The smallest absolute Gasteiger partial charge is 0.216 e. The van der Waals surface area contributed by atoms with Gasteiger partial charge in [-0.15, -0.1) is 0 Å². The maximum absolute atomic E-state index is 13.8. The lowest BCUT2D eigenvalue weighted by Gasteiger charge is -2.31. The van der Waals surface area contributed by atoms with Crippen LogP contribution in [-0.4, -0.2) is 27.2 Å². The Balaban J connectivity index is 1.23. The molecule has 1 fully saturated rings. The van der Waals surface area contributed by atoms with Gasteiger partial charge in [-0.1, -0.05) is 64.8 Å². The maximum Gasteiger partial charge on any atom is 0.216 e. The van der Waals surface area contributed by atoms with Crippen LogP contribution in [0.25, 0.3) is 5.57 Å². The molecule has 0 atom stereocenters. The lowest BCUT2D eigenvalue weighted by atomic mass is 9.84. The molecule has 41 heavy (non-hydrogen) atoms. The van der Waals surface area contributed by atoms with E-state index >= 15 is 0 Å². The van der Waals surface area contributed by atoms with Crippen molar-refractivity contribution in [3.63, 3.8) is 0 Å². The van der Waals surface area contributed by atoms with Crippen LogP contribution >= 0.6 is 34.8 Å². The highest BCUT2D eigenvalue weighted by Gasteiger charge is 2.42. The molecule has 0 radical (unpaired) electrons. The number of hydrogen-bond donors (Lipinski definition) is 0. The van der Waals surface area contributed by atoms with Crippen LogP contribution in [-0.2, 0) is 37.0 Å². The van der Waals surface area contributed by atoms with Crippen LogP contribution in [0.1, 0.15) is 53.8 Å². The van der Waals surface area contributed by atoms with Crippen molar-refractivity contribution in [2.75, 3.05) is 6.54 Å². The van der Waals surface area contributed by atoms with Crippen molar-refractivity contribution in [1.29, 1.82) is 0 Å².